The molecule has 4 rings (SSSR count). The largest absolute Gasteiger partial charge is 0.343 e. The molecular formula is C23H25N3O3S. The van der Waals surface area contributed by atoms with Crippen molar-refractivity contribution in [1.82, 2.24) is 14.4 Å². The van der Waals surface area contributed by atoms with Gasteiger partial charge in [-0.1, -0.05) is 37.1 Å². The fourth-order valence-corrected chi connectivity index (χ4v) is 4.84. The van der Waals surface area contributed by atoms with Gasteiger partial charge in [-0.3, -0.25) is 19.3 Å². The molecule has 3 amide bonds. The van der Waals surface area contributed by atoms with E-state index in [2.05, 4.69) is 11.1 Å². The Morgan fingerprint density at radius 1 is 1.10 bits per heavy atom. The highest BCUT2D eigenvalue weighted by molar-refractivity contribution is 8.18. The number of benzene rings is 1. The Bertz CT molecular complexity index is 1030. The predicted octanol–water partition coefficient (Wildman–Crippen LogP) is 4.27. The second-order valence-corrected chi connectivity index (χ2v) is 8.60. The van der Waals surface area contributed by atoms with E-state index < -0.39 is 5.91 Å². The zero-order chi connectivity index (χ0) is 21.1. The van der Waals surface area contributed by atoms with Crippen molar-refractivity contribution in [2.24, 2.45) is 0 Å². The summed E-state index contributed by atoms with van der Waals surface area (Å²) in [7, 11) is 0. The van der Waals surface area contributed by atoms with Gasteiger partial charge in [0.25, 0.3) is 11.1 Å². The SMILES string of the molecule is C=CCn1cc(C=C2SC(=O)N(CC(=O)N3CCCCCC3)C2=O)c2ccccc21. The lowest BCUT2D eigenvalue weighted by Gasteiger charge is -2.22. The van der Waals surface area contributed by atoms with E-state index >= 15 is 0 Å². The number of allylic oxidation sites excluding steroid dienone is 1. The summed E-state index contributed by atoms with van der Waals surface area (Å²) in [4.78, 5) is 41.2. The zero-order valence-corrected chi connectivity index (χ0v) is 17.7. The summed E-state index contributed by atoms with van der Waals surface area (Å²) < 4.78 is 2.06. The zero-order valence-electron chi connectivity index (χ0n) is 16.9. The second-order valence-electron chi connectivity index (χ2n) is 7.61. The van der Waals surface area contributed by atoms with E-state index in [1.165, 1.54) is 0 Å². The monoisotopic (exact) mass is 423 g/mol. The summed E-state index contributed by atoms with van der Waals surface area (Å²) in [6.07, 6.45) is 9.72. The number of hydrogen-bond acceptors (Lipinski definition) is 4. The first-order valence-electron chi connectivity index (χ1n) is 10.3. The van der Waals surface area contributed by atoms with Crippen LogP contribution in [0.4, 0.5) is 4.79 Å². The molecule has 156 valence electrons. The van der Waals surface area contributed by atoms with Gasteiger partial charge in [-0.05, 0) is 36.7 Å². The van der Waals surface area contributed by atoms with Crippen molar-refractivity contribution in [3.63, 3.8) is 0 Å². The first-order valence-corrected chi connectivity index (χ1v) is 11.1. The summed E-state index contributed by atoms with van der Waals surface area (Å²) >= 11 is 0.899. The van der Waals surface area contributed by atoms with E-state index in [1.807, 2.05) is 36.5 Å². The predicted molar refractivity (Wildman–Crippen MR) is 120 cm³/mol. The van der Waals surface area contributed by atoms with E-state index in [4.69, 9.17) is 0 Å². The van der Waals surface area contributed by atoms with Gasteiger partial charge in [0.05, 0.1) is 4.91 Å². The van der Waals surface area contributed by atoms with Gasteiger partial charge < -0.3 is 9.47 Å². The van der Waals surface area contributed by atoms with Gasteiger partial charge in [0.2, 0.25) is 5.91 Å². The lowest BCUT2D eigenvalue weighted by molar-refractivity contribution is -0.135. The van der Waals surface area contributed by atoms with Crippen LogP contribution in [0.1, 0.15) is 31.2 Å². The van der Waals surface area contributed by atoms with Crippen LogP contribution in [0.3, 0.4) is 0 Å². The first-order chi connectivity index (χ1) is 14.6. The second kappa shape index (κ2) is 8.92. The Balaban J connectivity index is 1.55. The highest BCUT2D eigenvalue weighted by atomic mass is 32.2. The topological polar surface area (TPSA) is 62.6 Å². The van der Waals surface area contributed by atoms with Gasteiger partial charge >= 0.3 is 0 Å². The standard InChI is InChI=1S/C23H25N3O3S/c1-2-11-25-15-17(18-9-5-6-10-19(18)25)14-20-22(28)26(23(29)30-20)16-21(27)24-12-7-3-4-8-13-24/h2,5-6,9-10,14-15H,1,3-4,7-8,11-13,16H2. The van der Waals surface area contributed by atoms with Crippen LogP contribution in [0.25, 0.3) is 17.0 Å². The summed E-state index contributed by atoms with van der Waals surface area (Å²) in [5.74, 6) is -0.545. The molecule has 0 N–H and O–H groups in total. The Kier molecular flexibility index (Phi) is 6.08. The number of carbonyl (C=O) groups is 3. The molecule has 6 nitrogen and oxygen atoms in total. The van der Waals surface area contributed by atoms with Crippen LogP contribution in [-0.2, 0) is 16.1 Å². The molecule has 7 heteroatoms. The van der Waals surface area contributed by atoms with Crippen LogP contribution < -0.4 is 0 Å². The highest BCUT2D eigenvalue weighted by Crippen LogP contribution is 2.34. The Labute approximate surface area is 180 Å². The first kappa shape index (κ1) is 20.5. The molecule has 1 aromatic heterocycles. The molecule has 2 aliphatic heterocycles. The fraction of sp³-hybridized carbons (Fsp3) is 0.348. The van der Waals surface area contributed by atoms with E-state index in [1.54, 1.807) is 11.0 Å². The molecule has 30 heavy (non-hydrogen) atoms. The fourth-order valence-electron chi connectivity index (χ4n) is 4.01. The number of hydrogen-bond donors (Lipinski definition) is 0. The van der Waals surface area contributed by atoms with Crippen molar-refractivity contribution < 1.29 is 14.4 Å². The maximum absolute atomic E-state index is 12.9. The molecule has 0 atom stereocenters. The van der Waals surface area contributed by atoms with E-state index in [9.17, 15) is 14.4 Å². The van der Waals surface area contributed by atoms with Crippen LogP contribution in [0.5, 0.6) is 0 Å². The number of fused-ring (bicyclic) bond motifs is 1. The van der Waals surface area contributed by atoms with Crippen LogP contribution >= 0.6 is 11.8 Å². The summed E-state index contributed by atoms with van der Waals surface area (Å²) in [5.41, 5.74) is 1.91. The molecule has 1 aromatic carbocycles. The van der Waals surface area contributed by atoms with Gasteiger partial charge in [0.15, 0.2) is 0 Å². The average Bonchev–Trinajstić information content (AvgIpc) is 3.06. The van der Waals surface area contributed by atoms with Crippen LogP contribution in [-0.4, -0.2) is 51.1 Å². The lowest BCUT2D eigenvalue weighted by atomic mass is 10.1. The molecule has 2 saturated heterocycles. The van der Waals surface area contributed by atoms with Crippen molar-refractivity contribution in [2.75, 3.05) is 19.6 Å². The quantitative estimate of drug-likeness (QED) is 0.532. The van der Waals surface area contributed by atoms with E-state index in [-0.39, 0.29) is 17.7 Å². The number of rotatable bonds is 5. The van der Waals surface area contributed by atoms with Crippen molar-refractivity contribution in [3.8, 4) is 0 Å². The normalized spacial score (nSPS) is 19.0. The van der Waals surface area contributed by atoms with E-state index in [0.717, 1.165) is 58.8 Å². The summed E-state index contributed by atoms with van der Waals surface area (Å²) in [6, 6.07) is 7.92. The number of imide groups is 1. The molecule has 3 heterocycles. The molecule has 2 aromatic rings. The third kappa shape index (κ3) is 4.07. The van der Waals surface area contributed by atoms with Gasteiger partial charge in [0, 0.05) is 42.3 Å². The van der Waals surface area contributed by atoms with Crippen molar-refractivity contribution in [3.05, 3.63) is 53.6 Å². The number of amides is 3. The van der Waals surface area contributed by atoms with Crippen molar-refractivity contribution >= 4 is 45.8 Å². The third-order valence-electron chi connectivity index (χ3n) is 5.56. The summed E-state index contributed by atoms with van der Waals surface area (Å²) in [5, 5.41) is 0.621. The van der Waals surface area contributed by atoms with Crippen molar-refractivity contribution in [2.45, 2.75) is 32.2 Å². The number of para-hydroxylation sites is 1. The van der Waals surface area contributed by atoms with Crippen LogP contribution in [0.2, 0.25) is 0 Å². The minimum atomic E-state index is -0.395. The Morgan fingerprint density at radius 3 is 2.57 bits per heavy atom. The van der Waals surface area contributed by atoms with Gasteiger partial charge in [-0.15, -0.1) is 6.58 Å². The highest BCUT2D eigenvalue weighted by Gasteiger charge is 2.37. The number of nitrogens with zero attached hydrogens (tertiary/aromatic N) is 3. The molecule has 0 unspecified atom stereocenters. The third-order valence-corrected chi connectivity index (χ3v) is 6.46. The lowest BCUT2D eigenvalue weighted by Crippen LogP contribution is -2.42. The van der Waals surface area contributed by atoms with Gasteiger partial charge in [-0.2, -0.15) is 0 Å². The molecule has 0 bridgehead atoms. The maximum Gasteiger partial charge on any atom is 0.294 e. The minimum absolute atomic E-state index is 0.150. The Morgan fingerprint density at radius 2 is 1.83 bits per heavy atom. The molecular weight excluding hydrogens is 398 g/mol. The maximum atomic E-state index is 12.9. The van der Waals surface area contributed by atoms with Gasteiger partial charge in [-0.25, -0.2) is 0 Å². The molecule has 2 aliphatic rings. The minimum Gasteiger partial charge on any atom is -0.343 e. The van der Waals surface area contributed by atoms with Crippen molar-refractivity contribution in [1.29, 1.82) is 0 Å². The molecule has 0 spiro atoms. The Hall–Kier alpha value is -2.80. The van der Waals surface area contributed by atoms with Gasteiger partial charge in [0.1, 0.15) is 6.54 Å². The molecule has 0 aliphatic carbocycles. The van der Waals surface area contributed by atoms with Crippen LogP contribution in [0, 0.1) is 0 Å². The van der Waals surface area contributed by atoms with Crippen LogP contribution in [0.15, 0.2) is 48.0 Å². The number of carbonyl (C=O) groups excluding carboxylic acids is 3. The number of thioether (sulfide) groups is 1. The summed E-state index contributed by atoms with van der Waals surface area (Å²) in [6.45, 7) is 5.67. The number of likely N-dealkylation sites (tertiary alicyclic amines) is 1. The number of aromatic nitrogens is 1. The molecule has 2 fully saturated rings. The average molecular weight is 424 g/mol. The van der Waals surface area contributed by atoms with E-state index in [0.29, 0.717) is 24.5 Å². The molecule has 0 saturated carbocycles. The smallest absolute Gasteiger partial charge is 0.294 e. The molecule has 0 radical (unpaired) electrons.